The van der Waals surface area contributed by atoms with Gasteiger partial charge in [-0.2, -0.15) is 0 Å². The van der Waals surface area contributed by atoms with Crippen molar-refractivity contribution in [2.75, 3.05) is 31.2 Å². The van der Waals surface area contributed by atoms with Gasteiger partial charge in [0.1, 0.15) is 11.9 Å². The fraction of sp³-hybridized carbons (Fsp3) is 0.381. The van der Waals surface area contributed by atoms with E-state index in [0.717, 1.165) is 30.0 Å². The number of aromatic nitrogens is 1. The lowest BCUT2D eigenvalue weighted by atomic mass is 10.1. The number of nitrogens with zero attached hydrogens (tertiary/aromatic N) is 2. The molecule has 1 saturated heterocycles. The molecule has 2 aromatic rings. The molecule has 0 unspecified atom stereocenters. The fourth-order valence-corrected chi connectivity index (χ4v) is 2.97. The molecule has 1 aliphatic heterocycles. The molecule has 1 fully saturated rings. The number of amides is 2. The van der Waals surface area contributed by atoms with Crippen molar-refractivity contribution >= 4 is 17.6 Å². The zero-order chi connectivity index (χ0) is 19.9. The van der Waals surface area contributed by atoms with E-state index in [1.807, 2.05) is 31.2 Å². The van der Waals surface area contributed by atoms with Crippen LogP contribution in [0.3, 0.4) is 0 Å². The Bertz CT molecular complexity index is 817. The van der Waals surface area contributed by atoms with Gasteiger partial charge in [-0.3, -0.25) is 9.59 Å². The molecule has 1 atom stereocenters. The highest BCUT2D eigenvalue weighted by Gasteiger charge is 2.17. The molecule has 3 rings (SSSR count). The monoisotopic (exact) mass is 382 g/mol. The second kappa shape index (κ2) is 9.32. The SMILES string of the molecule is Cc1cccc(C(=O)N[C@H](C)C(=O)NCc2ccc(N3CCOCC3)nc2)c1. The number of carbonyl (C=O) groups excluding carboxylic acids is 2. The van der Waals surface area contributed by atoms with Crippen molar-refractivity contribution in [1.82, 2.24) is 15.6 Å². The van der Waals surface area contributed by atoms with Gasteiger partial charge < -0.3 is 20.3 Å². The zero-order valence-electron chi connectivity index (χ0n) is 16.3. The average molecular weight is 382 g/mol. The van der Waals surface area contributed by atoms with Crippen LogP contribution in [-0.2, 0) is 16.1 Å². The molecular weight excluding hydrogens is 356 g/mol. The highest BCUT2D eigenvalue weighted by atomic mass is 16.5. The Kier molecular flexibility index (Phi) is 6.60. The molecule has 7 nitrogen and oxygen atoms in total. The first-order valence-corrected chi connectivity index (χ1v) is 9.46. The van der Waals surface area contributed by atoms with E-state index in [0.29, 0.717) is 25.3 Å². The van der Waals surface area contributed by atoms with Gasteiger partial charge in [0.25, 0.3) is 5.91 Å². The van der Waals surface area contributed by atoms with E-state index >= 15 is 0 Å². The van der Waals surface area contributed by atoms with E-state index < -0.39 is 6.04 Å². The molecule has 2 heterocycles. The highest BCUT2D eigenvalue weighted by molar-refractivity contribution is 5.97. The van der Waals surface area contributed by atoms with Crippen LogP contribution < -0.4 is 15.5 Å². The van der Waals surface area contributed by atoms with Gasteiger partial charge in [0.2, 0.25) is 5.91 Å². The van der Waals surface area contributed by atoms with Gasteiger partial charge in [-0.15, -0.1) is 0 Å². The molecule has 2 N–H and O–H groups in total. The summed E-state index contributed by atoms with van der Waals surface area (Å²) in [5.74, 6) is 0.415. The lowest BCUT2D eigenvalue weighted by molar-refractivity contribution is -0.122. The van der Waals surface area contributed by atoms with E-state index in [4.69, 9.17) is 4.74 Å². The topological polar surface area (TPSA) is 83.6 Å². The lowest BCUT2D eigenvalue weighted by Gasteiger charge is -2.27. The number of hydrogen-bond acceptors (Lipinski definition) is 5. The van der Waals surface area contributed by atoms with Gasteiger partial charge in [0.15, 0.2) is 0 Å². The van der Waals surface area contributed by atoms with Crippen molar-refractivity contribution < 1.29 is 14.3 Å². The van der Waals surface area contributed by atoms with Gasteiger partial charge in [-0.25, -0.2) is 4.98 Å². The Morgan fingerprint density at radius 2 is 2.00 bits per heavy atom. The summed E-state index contributed by atoms with van der Waals surface area (Å²) in [7, 11) is 0. The second-order valence-electron chi connectivity index (χ2n) is 6.91. The minimum absolute atomic E-state index is 0.238. The van der Waals surface area contributed by atoms with Gasteiger partial charge in [-0.05, 0) is 37.6 Å². The number of carbonyl (C=O) groups is 2. The average Bonchev–Trinajstić information content (AvgIpc) is 2.73. The zero-order valence-corrected chi connectivity index (χ0v) is 16.3. The van der Waals surface area contributed by atoms with Crippen LogP contribution in [-0.4, -0.2) is 49.1 Å². The molecule has 2 amide bonds. The second-order valence-corrected chi connectivity index (χ2v) is 6.91. The molecule has 0 aliphatic carbocycles. The number of aryl methyl sites for hydroxylation is 1. The van der Waals surface area contributed by atoms with Crippen molar-refractivity contribution in [3.8, 4) is 0 Å². The van der Waals surface area contributed by atoms with Crippen molar-refractivity contribution in [2.45, 2.75) is 26.4 Å². The first kappa shape index (κ1) is 19.8. The van der Waals surface area contributed by atoms with Gasteiger partial charge >= 0.3 is 0 Å². The Hall–Kier alpha value is -2.93. The quantitative estimate of drug-likeness (QED) is 0.794. The van der Waals surface area contributed by atoms with Crippen LogP contribution in [0.5, 0.6) is 0 Å². The molecule has 28 heavy (non-hydrogen) atoms. The Balaban J connectivity index is 1.48. The number of ether oxygens (including phenoxy) is 1. The van der Waals surface area contributed by atoms with Crippen LogP contribution in [0, 0.1) is 6.92 Å². The molecule has 1 aliphatic rings. The molecule has 148 valence electrons. The predicted molar refractivity (Wildman–Crippen MR) is 107 cm³/mol. The minimum Gasteiger partial charge on any atom is -0.378 e. The van der Waals surface area contributed by atoms with E-state index in [1.165, 1.54) is 0 Å². The van der Waals surface area contributed by atoms with Gasteiger partial charge in [0, 0.05) is 31.4 Å². The van der Waals surface area contributed by atoms with Crippen LogP contribution in [0.2, 0.25) is 0 Å². The van der Waals surface area contributed by atoms with Gasteiger partial charge in [-0.1, -0.05) is 23.8 Å². The van der Waals surface area contributed by atoms with Crippen LogP contribution in [0.4, 0.5) is 5.82 Å². The highest BCUT2D eigenvalue weighted by Crippen LogP contribution is 2.13. The first-order chi connectivity index (χ1) is 13.5. The number of benzene rings is 1. The Morgan fingerprint density at radius 3 is 2.68 bits per heavy atom. The van der Waals surface area contributed by atoms with Crippen LogP contribution >= 0.6 is 0 Å². The van der Waals surface area contributed by atoms with Crippen molar-refractivity contribution in [3.63, 3.8) is 0 Å². The molecule has 1 aromatic carbocycles. The molecule has 7 heteroatoms. The maximum absolute atomic E-state index is 12.3. The summed E-state index contributed by atoms with van der Waals surface area (Å²) < 4.78 is 5.35. The normalized spacial score (nSPS) is 15.0. The minimum atomic E-state index is -0.631. The number of pyridine rings is 1. The van der Waals surface area contributed by atoms with Gasteiger partial charge in [0.05, 0.1) is 13.2 Å². The van der Waals surface area contributed by atoms with E-state index in [2.05, 4.69) is 20.5 Å². The van der Waals surface area contributed by atoms with Crippen LogP contribution in [0.1, 0.15) is 28.4 Å². The van der Waals surface area contributed by atoms with Crippen molar-refractivity contribution in [3.05, 3.63) is 59.3 Å². The summed E-state index contributed by atoms with van der Waals surface area (Å²) in [4.78, 5) is 31.2. The predicted octanol–water partition coefficient (Wildman–Crippen LogP) is 1.66. The summed E-state index contributed by atoms with van der Waals surface area (Å²) in [5.41, 5.74) is 2.45. The summed E-state index contributed by atoms with van der Waals surface area (Å²) in [6.45, 7) is 7.05. The maximum Gasteiger partial charge on any atom is 0.251 e. The van der Waals surface area contributed by atoms with Crippen molar-refractivity contribution in [1.29, 1.82) is 0 Å². The summed E-state index contributed by atoms with van der Waals surface area (Å²) in [5, 5.41) is 5.57. The molecule has 0 bridgehead atoms. The molecule has 0 spiro atoms. The smallest absolute Gasteiger partial charge is 0.251 e. The number of morpholine rings is 1. The fourth-order valence-electron chi connectivity index (χ4n) is 2.97. The third kappa shape index (κ3) is 5.29. The van der Waals surface area contributed by atoms with Crippen LogP contribution in [0.25, 0.3) is 0 Å². The Morgan fingerprint density at radius 1 is 1.21 bits per heavy atom. The molecule has 0 saturated carbocycles. The van der Waals surface area contributed by atoms with E-state index in [1.54, 1.807) is 25.3 Å². The third-order valence-electron chi connectivity index (χ3n) is 4.63. The number of anilines is 1. The summed E-state index contributed by atoms with van der Waals surface area (Å²) >= 11 is 0. The van der Waals surface area contributed by atoms with Crippen molar-refractivity contribution in [2.24, 2.45) is 0 Å². The largest absolute Gasteiger partial charge is 0.378 e. The lowest BCUT2D eigenvalue weighted by Crippen LogP contribution is -2.44. The molecule has 0 radical (unpaired) electrons. The number of nitrogens with one attached hydrogen (secondary N) is 2. The molecule has 1 aromatic heterocycles. The van der Waals surface area contributed by atoms with E-state index in [-0.39, 0.29) is 11.8 Å². The van der Waals surface area contributed by atoms with E-state index in [9.17, 15) is 9.59 Å². The standard InChI is InChI=1S/C21H26N4O3/c1-15-4-3-5-18(12-15)21(27)24-16(2)20(26)23-14-17-6-7-19(22-13-17)25-8-10-28-11-9-25/h3-7,12-13,16H,8-11,14H2,1-2H3,(H,23,26)(H,24,27)/t16-/m1/s1. The number of rotatable bonds is 6. The molecular formula is C21H26N4O3. The summed E-state index contributed by atoms with van der Waals surface area (Å²) in [6.07, 6.45) is 1.76. The maximum atomic E-state index is 12.3. The van der Waals surface area contributed by atoms with Crippen LogP contribution in [0.15, 0.2) is 42.6 Å². The first-order valence-electron chi connectivity index (χ1n) is 9.46. The Labute approximate surface area is 165 Å². The number of hydrogen-bond donors (Lipinski definition) is 2. The summed E-state index contributed by atoms with van der Waals surface area (Å²) in [6, 6.07) is 10.5. The third-order valence-corrected chi connectivity index (χ3v) is 4.63.